The molecule has 11 rings (SSSR count). The fourth-order valence-corrected chi connectivity index (χ4v) is 10.8. The summed E-state index contributed by atoms with van der Waals surface area (Å²) in [4.78, 5) is 57.2. The van der Waals surface area contributed by atoms with Crippen molar-refractivity contribution in [1.29, 1.82) is 0 Å². The Balaban J connectivity index is 0.734. The number of carbonyl (C=O) groups excluding carboxylic acids is 2. The number of hydrogen-bond acceptors (Lipinski definition) is 12. The Morgan fingerprint density at radius 1 is 0.967 bits per heavy atom. The lowest BCUT2D eigenvalue weighted by Crippen LogP contribution is -2.62. The van der Waals surface area contributed by atoms with Gasteiger partial charge < -0.3 is 19.8 Å². The van der Waals surface area contributed by atoms with Crippen LogP contribution in [0.25, 0.3) is 27.8 Å². The molecular weight excluding hydrogens is 773 g/mol. The van der Waals surface area contributed by atoms with Crippen molar-refractivity contribution in [3.8, 4) is 5.82 Å². The highest BCUT2D eigenvalue weighted by Crippen LogP contribution is 2.48. The van der Waals surface area contributed by atoms with E-state index in [1.54, 1.807) is 21.6 Å². The zero-order valence-corrected chi connectivity index (χ0v) is 34.2. The van der Waals surface area contributed by atoms with Crippen LogP contribution < -0.4 is 21.1 Å². The van der Waals surface area contributed by atoms with Crippen molar-refractivity contribution in [3.63, 3.8) is 0 Å². The number of carbonyl (C=O) groups is 2. The summed E-state index contributed by atoms with van der Waals surface area (Å²) in [5.41, 5.74) is 7.07. The van der Waals surface area contributed by atoms with Gasteiger partial charge in [0.15, 0.2) is 17.0 Å². The Hall–Kier alpha value is -6.19. The maximum Gasteiger partial charge on any atom is 0.278 e. The SMILES string of the molecule is C=CCn1c(=O)c2cnc(Nc3ccc(N4CCC(N5CC6(Cc7ccc8c(C9CCC(=O)NC9=O)noc8c7C6)C5)CC4)cc3)nc2n1-c1ccc2c(n1)[C@](O)(CC)CC2. The average molecular weight is 821 g/mol. The van der Waals surface area contributed by atoms with Gasteiger partial charge >= 0.3 is 0 Å². The van der Waals surface area contributed by atoms with Gasteiger partial charge in [-0.05, 0) is 98.9 Å². The minimum absolute atomic E-state index is 0.208. The molecule has 3 N–H and O–H groups in total. The lowest BCUT2D eigenvalue weighted by molar-refractivity contribution is -0.134. The number of likely N-dealkylation sites (tertiary alicyclic amines) is 1. The Bertz CT molecular complexity index is 2830. The number of anilines is 3. The smallest absolute Gasteiger partial charge is 0.278 e. The molecule has 0 radical (unpaired) electrons. The maximum atomic E-state index is 13.6. The molecule has 1 unspecified atom stereocenters. The molecule has 2 aromatic carbocycles. The number of piperidine rings is 2. The van der Waals surface area contributed by atoms with Gasteiger partial charge in [-0.3, -0.25) is 24.6 Å². The van der Waals surface area contributed by atoms with Gasteiger partial charge in [0.1, 0.15) is 16.7 Å². The minimum Gasteiger partial charge on any atom is -0.384 e. The van der Waals surface area contributed by atoms with Gasteiger partial charge in [0, 0.05) is 72.6 Å². The number of nitrogens with one attached hydrogen (secondary N) is 2. The van der Waals surface area contributed by atoms with Gasteiger partial charge in [-0.25, -0.2) is 19.3 Å². The van der Waals surface area contributed by atoms with Crippen molar-refractivity contribution in [2.75, 3.05) is 36.4 Å². The quantitative estimate of drug-likeness (QED) is 0.129. The third-order valence-electron chi connectivity index (χ3n) is 14.1. The van der Waals surface area contributed by atoms with E-state index in [1.807, 2.05) is 31.2 Å². The number of imide groups is 1. The maximum absolute atomic E-state index is 13.6. The van der Waals surface area contributed by atoms with E-state index in [-0.39, 0.29) is 29.3 Å². The van der Waals surface area contributed by atoms with Crippen LogP contribution >= 0.6 is 0 Å². The Morgan fingerprint density at radius 2 is 1.77 bits per heavy atom. The summed E-state index contributed by atoms with van der Waals surface area (Å²) in [5.74, 6) is -0.114. The Labute approximate surface area is 351 Å². The van der Waals surface area contributed by atoms with Gasteiger partial charge in [0.2, 0.25) is 17.8 Å². The summed E-state index contributed by atoms with van der Waals surface area (Å²) < 4.78 is 9.17. The second-order valence-electron chi connectivity index (χ2n) is 17.8. The van der Waals surface area contributed by atoms with Crippen LogP contribution in [0.1, 0.15) is 79.4 Å². The van der Waals surface area contributed by atoms with Gasteiger partial charge in [0.05, 0.1) is 18.2 Å². The van der Waals surface area contributed by atoms with Gasteiger partial charge in [-0.1, -0.05) is 30.3 Å². The molecule has 5 aliphatic rings. The van der Waals surface area contributed by atoms with Crippen molar-refractivity contribution >= 4 is 51.1 Å². The second kappa shape index (κ2) is 14.2. The minimum atomic E-state index is -0.993. The van der Waals surface area contributed by atoms with Crippen LogP contribution in [-0.2, 0) is 41.0 Å². The van der Waals surface area contributed by atoms with Crippen molar-refractivity contribution in [2.24, 2.45) is 5.41 Å². The first-order chi connectivity index (χ1) is 29.6. The van der Waals surface area contributed by atoms with E-state index in [0.717, 1.165) is 80.5 Å². The fraction of sp³-hybridized carbons (Fsp3) is 0.413. The Morgan fingerprint density at radius 3 is 2.54 bits per heavy atom. The molecule has 312 valence electrons. The van der Waals surface area contributed by atoms with Crippen molar-refractivity contribution in [1.82, 2.24) is 39.7 Å². The second-order valence-corrected chi connectivity index (χ2v) is 17.8. The van der Waals surface area contributed by atoms with E-state index >= 15 is 0 Å². The molecule has 2 aliphatic carbocycles. The van der Waals surface area contributed by atoms with E-state index < -0.39 is 11.5 Å². The molecule has 2 atom stereocenters. The van der Waals surface area contributed by atoms with Crippen LogP contribution in [-0.4, -0.2) is 83.5 Å². The number of aliphatic hydroxyl groups is 1. The van der Waals surface area contributed by atoms with Crippen molar-refractivity contribution in [3.05, 3.63) is 106 Å². The molecule has 1 spiro atoms. The topological polar surface area (TPSA) is 177 Å². The predicted octanol–water partition coefficient (Wildman–Crippen LogP) is 5.18. The van der Waals surface area contributed by atoms with Gasteiger partial charge in [-0.15, -0.1) is 6.58 Å². The summed E-state index contributed by atoms with van der Waals surface area (Å²) in [6.45, 7) is 10.2. The summed E-state index contributed by atoms with van der Waals surface area (Å²) in [6, 6.07) is 17.0. The number of nitrogens with zero attached hydrogens (tertiary/aromatic N) is 8. The summed E-state index contributed by atoms with van der Waals surface area (Å²) in [5, 5.41) is 22.7. The molecular formula is C46H48N10O5. The highest BCUT2D eigenvalue weighted by molar-refractivity contribution is 6.02. The van der Waals surface area contributed by atoms with Crippen LogP contribution in [0, 0.1) is 5.41 Å². The number of aromatic nitrogens is 6. The van der Waals surface area contributed by atoms with Crippen LogP contribution in [0.3, 0.4) is 0 Å². The first-order valence-electron chi connectivity index (χ1n) is 21.5. The summed E-state index contributed by atoms with van der Waals surface area (Å²) in [6.07, 6.45) is 10.1. The molecule has 3 fully saturated rings. The monoisotopic (exact) mass is 820 g/mol. The molecule has 6 aromatic rings. The number of amides is 2. The number of aryl methyl sites for hydroxylation is 1. The molecule has 61 heavy (non-hydrogen) atoms. The highest BCUT2D eigenvalue weighted by atomic mass is 16.5. The number of benzene rings is 2. The normalized spacial score (nSPS) is 22.5. The number of fused-ring (bicyclic) bond motifs is 5. The molecule has 2 amide bonds. The fourth-order valence-electron chi connectivity index (χ4n) is 10.8. The molecule has 0 saturated carbocycles. The average Bonchev–Trinajstić information content (AvgIpc) is 4.02. The van der Waals surface area contributed by atoms with Crippen LogP contribution in [0.15, 0.2) is 76.7 Å². The first-order valence-corrected chi connectivity index (χ1v) is 21.5. The third-order valence-corrected chi connectivity index (χ3v) is 14.1. The zero-order chi connectivity index (χ0) is 41.6. The number of allylic oxidation sites excluding steroid dienone is 1. The number of rotatable bonds is 9. The summed E-state index contributed by atoms with van der Waals surface area (Å²) in [7, 11) is 0. The van der Waals surface area contributed by atoms with E-state index in [2.05, 4.69) is 61.4 Å². The Kier molecular flexibility index (Phi) is 8.79. The standard InChI is InChI=1S/C46H48N10O5/c1-3-19-55-43(59)35-24-47-44(51-41(35)56(55)36-13-6-27-15-18-46(60,4-2)40(27)49-36)48-29-7-9-30(10-8-29)53-20-16-31(17-21-53)54-25-45(26-54)22-28-5-11-32-38(52-61-39(32)34(28)23-45)33-12-14-37(57)50-42(33)58/h3,5-11,13,24,31,33,60H,1,4,12,14-23,25-26H2,2H3,(H,47,48,51)(H,50,57,58)/t33?,46-/m0/s1. The number of pyridine rings is 1. The zero-order valence-electron chi connectivity index (χ0n) is 34.2. The molecule has 3 aliphatic heterocycles. The lowest BCUT2D eigenvalue weighted by atomic mass is 9.75. The van der Waals surface area contributed by atoms with Crippen LogP contribution in [0.4, 0.5) is 17.3 Å². The van der Waals surface area contributed by atoms with E-state index in [0.29, 0.717) is 65.9 Å². The van der Waals surface area contributed by atoms with Crippen LogP contribution in [0.5, 0.6) is 0 Å². The third kappa shape index (κ3) is 6.19. The van der Waals surface area contributed by atoms with E-state index in [9.17, 15) is 19.5 Å². The molecule has 15 nitrogen and oxygen atoms in total. The van der Waals surface area contributed by atoms with Crippen molar-refractivity contribution in [2.45, 2.75) is 88.8 Å². The van der Waals surface area contributed by atoms with E-state index in [4.69, 9.17) is 14.5 Å². The van der Waals surface area contributed by atoms with Gasteiger partial charge in [-0.2, -0.15) is 4.98 Å². The van der Waals surface area contributed by atoms with Crippen LogP contribution in [0.2, 0.25) is 0 Å². The lowest BCUT2D eigenvalue weighted by Gasteiger charge is -2.53. The largest absolute Gasteiger partial charge is 0.384 e. The highest BCUT2D eigenvalue weighted by Gasteiger charge is 2.50. The first kappa shape index (κ1) is 37.8. The summed E-state index contributed by atoms with van der Waals surface area (Å²) >= 11 is 0. The molecule has 3 saturated heterocycles. The molecule has 4 aromatic heterocycles. The molecule has 15 heteroatoms. The molecule has 7 heterocycles. The number of hydrogen-bond donors (Lipinski definition) is 3. The predicted molar refractivity (Wildman–Crippen MR) is 229 cm³/mol. The molecule has 0 bridgehead atoms. The van der Waals surface area contributed by atoms with Crippen molar-refractivity contribution < 1.29 is 19.2 Å². The van der Waals surface area contributed by atoms with Gasteiger partial charge in [0.25, 0.3) is 5.56 Å². The van der Waals surface area contributed by atoms with E-state index in [1.165, 1.54) is 16.8 Å².